The molecule has 9 nitrogen and oxygen atoms in total. The predicted molar refractivity (Wildman–Crippen MR) is 242 cm³/mol. The highest BCUT2D eigenvalue weighted by molar-refractivity contribution is 6.75. The fraction of sp³-hybridized carbons (Fsp3) is 0.128. The van der Waals surface area contributed by atoms with E-state index in [2.05, 4.69) is 153 Å². The van der Waals surface area contributed by atoms with E-state index in [-0.39, 0.29) is 0 Å². The number of fused-ring (bicyclic) bond motifs is 5. The van der Waals surface area contributed by atoms with Crippen LogP contribution >= 0.6 is 0 Å². The van der Waals surface area contributed by atoms with Crippen LogP contribution in [0, 0.1) is 0 Å². The molecule has 12 heteroatoms. The van der Waals surface area contributed by atoms with Crippen LogP contribution in [0.3, 0.4) is 0 Å². The molecule has 59 heavy (non-hydrogen) atoms. The Balaban J connectivity index is 1.14. The van der Waals surface area contributed by atoms with Gasteiger partial charge in [-0.25, -0.2) is 4.98 Å². The first-order chi connectivity index (χ1) is 28.4. The summed E-state index contributed by atoms with van der Waals surface area (Å²) in [6.07, 6.45) is 0. The average Bonchev–Trinajstić information content (AvgIpc) is 3.97. The first-order valence-electron chi connectivity index (χ1n) is 20.0. The molecule has 0 amide bonds. The molecule has 11 rings (SSSR count). The van der Waals surface area contributed by atoms with E-state index < -0.39 is 25.2 Å². The second kappa shape index (κ2) is 12.8. The van der Waals surface area contributed by atoms with Gasteiger partial charge >= 0.3 is 0 Å². The van der Waals surface area contributed by atoms with Crippen molar-refractivity contribution in [2.24, 2.45) is 27.9 Å². The third-order valence-electron chi connectivity index (χ3n) is 11.1. The topological polar surface area (TPSA) is 103 Å². The first kappa shape index (κ1) is 35.7. The van der Waals surface area contributed by atoms with Crippen LogP contribution in [0.2, 0.25) is 39.3 Å². The quantitative estimate of drug-likeness (QED) is 0.158. The number of rotatable bonds is 6. The van der Waals surface area contributed by atoms with Crippen LogP contribution in [0.15, 0.2) is 166 Å². The van der Waals surface area contributed by atoms with E-state index in [4.69, 9.17) is 37.3 Å². The molecular formula is C47H40N8OSi3. The van der Waals surface area contributed by atoms with Crippen molar-refractivity contribution in [1.29, 1.82) is 0 Å². The molecule has 0 fully saturated rings. The first-order valence-corrected chi connectivity index (χ1v) is 28.7. The predicted octanol–water partition coefficient (Wildman–Crippen LogP) is 8.32. The normalized spacial score (nSPS) is 16.2. The maximum Gasteiger partial charge on any atom is 0.298 e. The molecule has 0 radical (unpaired) electrons. The van der Waals surface area contributed by atoms with E-state index in [1.54, 1.807) is 0 Å². The largest absolute Gasteiger partial charge is 0.436 e. The van der Waals surface area contributed by atoms with Gasteiger partial charge in [0.1, 0.15) is 5.52 Å². The summed E-state index contributed by atoms with van der Waals surface area (Å²) in [4.78, 5) is 7.05. The van der Waals surface area contributed by atoms with E-state index in [1.165, 1.54) is 10.8 Å². The van der Waals surface area contributed by atoms with Crippen molar-refractivity contribution in [3.05, 3.63) is 166 Å². The number of aromatic nitrogens is 1. The molecule has 0 unspecified atom stereocenters. The van der Waals surface area contributed by atoms with Crippen molar-refractivity contribution in [2.75, 3.05) is 4.90 Å². The number of hydrogen-bond donors (Lipinski definition) is 0. The molecule has 0 atom stereocenters. The van der Waals surface area contributed by atoms with Gasteiger partial charge in [-0.1, -0.05) is 78.9 Å². The van der Waals surface area contributed by atoms with Crippen LogP contribution in [0.4, 0.5) is 17.1 Å². The van der Waals surface area contributed by atoms with Gasteiger partial charge in [0.2, 0.25) is 5.89 Å². The molecule has 0 spiro atoms. The van der Waals surface area contributed by atoms with Crippen molar-refractivity contribution in [3.8, 4) is 33.7 Å². The van der Waals surface area contributed by atoms with Gasteiger partial charge in [0.05, 0.1) is 49.2 Å². The number of hydrogen-bond acceptors (Lipinski definition) is 9. The minimum atomic E-state index is -2.41. The Morgan fingerprint density at radius 2 is 0.983 bits per heavy atom. The van der Waals surface area contributed by atoms with E-state index in [1.807, 2.05) is 24.3 Å². The van der Waals surface area contributed by atoms with Gasteiger partial charge in [0.15, 0.2) is 5.58 Å². The zero-order chi connectivity index (χ0) is 40.3. The van der Waals surface area contributed by atoms with Gasteiger partial charge in [-0.3, -0.25) is 27.9 Å². The van der Waals surface area contributed by atoms with Crippen molar-refractivity contribution < 1.29 is 4.42 Å². The molecule has 0 bridgehead atoms. The lowest BCUT2D eigenvalue weighted by molar-refractivity contribution is 0.620. The number of benzene rings is 7. The molecule has 0 aliphatic carbocycles. The van der Waals surface area contributed by atoms with Crippen LogP contribution in [0.1, 0.15) is 0 Å². The fourth-order valence-electron chi connectivity index (χ4n) is 8.68. The maximum absolute atomic E-state index is 6.10. The molecule has 3 aliphatic rings. The van der Waals surface area contributed by atoms with Gasteiger partial charge in [-0.2, -0.15) is 0 Å². The van der Waals surface area contributed by atoms with Crippen molar-refractivity contribution in [1.82, 2.24) is 4.98 Å². The van der Waals surface area contributed by atoms with Gasteiger partial charge in [-0.05, 0) is 116 Å². The molecular weight excluding hydrogens is 777 g/mol. The second-order valence-electron chi connectivity index (χ2n) is 16.9. The van der Waals surface area contributed by atoms with Crippen LogP contribution < -0.4 is 37.0 Å². The Morgan fingerprint density at radius 3 is 1.73 bits per heavy atom. The average molecular weight is 817 g/mol. The van der Waals surface area contributed by atoms with Crippen molar-refractivity contribution in [3.63, 3.8) is 0 Å². The highest BCUT2D eigenvalue weighted by atomic mass is 28.4. The molecule has 3 aliphatic heterocycles. The molecule has 1 aromatic heterocycles. The molecule has 7 aromatic carbocycles. The molecule has 0 N–H and O–H groups in total. The molecule has 0 saturated heterocycles. The summed E-state index contributed by atoms with van der Waals surface area (Å²) in [7, 11) is -7.04. The van der Waals surface area contributed by atoms with Gasteiger partial charge in [-0.15, -0.1) is 0 Å². The third kappa shape index (κ3) is 5.97. The zero-order valence-corrected chi connectivity index (χ0v) is 36.7. The Hall–Kier alpha value is -6.48. The summed E-state index contributed by atoms with van der Waals surface area (Å²) >= 11 is 0. The summed E-state index contributed by atoms with van der Waals surface area (Å²) in [6, 6.07) is 46.5. The van der Waals surface area contributed by atoms with E-state index in [9.17, 15) is 0 Å². The highest BCUT2D eigenvalue weighted by Gasteiger charge is 2.33. The number of nitrogens with zero attached hydrogens (tertiary/aromatic N) is 8. The number of para-hydroxylation sites is 2. The molecule has 286 valence electrons. The smallest absolute Gasteiger partial charge is 0.298 e. The maximum atomic E-state index is 6.10. The minimum absolute atomic E-state index is 0.600. The Kier molecular flexibility index (Phi) is 7.71. The minimum Gasteiger partial charge on any atom is -0.436 e. The van der Waals surface area contributed by atoms with Crippen molar-refractivity contribution >= 4 is 64.1 Å². The van der Waals surface area contributed by atoms with Gasteiger partial charge in [0, 0.05) is 16.7 Å². The van der Waals surface area contributed by atoms with Crippen molar-refractivity contribution in [2.45, 2.75) is 39.3 Å². The van der Waals surface area contributed by atoms with E-state index in [0.717, 1.165) is 88.1 Å². The second-order valence-corrected chi connectivity index (χ2v) is 27.2. The summed E-state index contributed by atoms with van der Waals surface area (Å²) in [5.41, 5.74) is 9.68. The lowest BCUT2D eigenvalue weighted by Crippen LogP contribution is -2.38. The SMILES string of the molecule is C[Si]1(C)N=c2cccc(N(c3ccc(-c4ccc(-c5nc6ccccc6o5)cc4)c4c3=N[Si](C)(C)N=4)c3ccc(-c4cccc5ccccc45)c4c3=N[Si](C)(C)N=4)c2=N1. The molecule has 0 saturated carbocycles. The molecule has 8 aromatic rings. The lowest BCUT2D eigenvalue weighted by Gasteiger charge is -2.26. The van der Waals surface area contributed by atoms with Crippen LogP contribution in [-0.2, 0) is 0 Å². The van der Waals surface area contributed by atoms with Gasteiger partial charge in [0.25, 0.3) is 25.2 Å². The Morgan fingerprint density at radius 1 is 0.424 bits per heavy atom. The number of anilines is 3. The monoisotopic (exact) mass is 816 g/mol. The summed E-state index contributed by atoms with van der Waals surface area (Å²) < 4.78 is 38.4. The number of oxazole rings is 1. The lowest BCUT2D eigenvalue weighted by atomic mass is 9.97. The van der Waals surface area contributed by atoms with Gasteiger partial charge < -0.3 is 9.32 Å². The Labute approximate surface area is 343 Å². The highest BCUT2D eigenvalue weighted by Crippen LogP contribution is 2.34. The summed E-state index contributed by atoms with van der Waals surface area (Å²) in [6.45, 7) is 13.2. The summed E-state index contributed by atoms with van der Waals surface area (Å²) in [5.74, 6) is 0.600. The summed E-state index contributed by atoms with van der Waals surface area (Å²) in [5, 5.41) is 7.84. The van der Waals surface area contributed by atoms with Crippen LogP contribution in [0.5, 0.6) is 0 Å². The standard InChI is InChI=1S/C47H40N8OSi3/c1-57(2)49-37-18-12-19-38(44(37)52-57)55(40-28-26-35(43-46(40)54-59(5,6)51-43)34-16-11-14-29-13-7-8-15-32(29)34)39-27-25-33(42-45(39)53-58(3,4)50-42)30-21-23-31(24-22-30)47-48-36-17-9-10-20-41(36)56-47/h7-28H,1-6H3. The van der Waals surface area contributed by atoms with E-state index >= 15 is 0 Å². The van der Waals surface area contributed by atoms with Crippen LogP contribution in [-0.4, -0.2) is 30.2 Å². The van der Waals surface area contributed by atoms with Crippen LogP contribution in [0.25, 0.3) is 55.6 Å². The fourth-order valence-corrected chi connectivity index (χ4v) is 13.5. The third-order valence-corrected chi connectivity index (χ3v) is 15.8. The molecule has 4 heterocycles. The van der Waals surface area contributed by atoms with E-state index in [0.29, 0.717) is 5.89 Å². The zero-order valence-electron chi connectivity index (χ0n) is 33.7. The Bertz CT molecular complexity index is 3470.